The standard InChI is InChI=1S/C25H29FN2O2/c1-6-8-18-11-13-19(14-12-18)28-24(20-9-7-10-22(26)23(20)30-5)27-17(4)21(25(28)29)15-16(2)3/h7,9-14,16H,6,8,15H2,1-5H3. The molecule has 0 fully saturated rings. The maximum absolute atomic E-state index is 14.4. The minimum absolute atomic E-state index is 0.0803. The van der Waals surface area contributed by atoms with Crippen molar-refractivity contribution < 1.29 is 9.13 Å². The highest BCUT2D eigenvalue weighted by atomic mass is 19.1. The minimum Gasteiger partial charge on any atom is -0.493 e. The smallest absolute Gasteiger partial charge is 0.261 e. The first-order chi connectivity index (χ1) is 14.4. The van der Waals surface area contributed by atoms with Crippen LogP contribution in [-0.4, -0.2) is 16.7 Å². The molecule has 0 amide bonds. The quantitative estimate of drug-likeness (QED) is 0.518. The van der Waals surface area contributed by atoms with Gasteiger partial charge in [-0.3, -0.25) is 9.36 Å². The van der Waals surface area contributed by atoms with Crippen LogP contribution in [0.5, 0.6) is 5.75 Å². The Bertz CT molecular complexity index is 1090. The molecule has 4 nitrogen and oxygen atoms in total. The van der Waals surface area contributed by atoms with Crippen molar-refractivity contribution in [2.24, 2.45) is 5.92 Å². The van der Waals surface area contributed by atoms with E-state index in [-0.39, 0.29) is 11.3 Å². The maximum atomic E-state index is 14.4. The Morgan fingerprint density at radius 3 is 2.43 bits per heavy atom. The topological polar surface area (TPSA) is 44.1 Å². The molecule has 0 spiro atoms. The summed E-state index contributed by atoms with van der Waals surface area (Å²) in [5.41, 5.74) is 3.59. The van der Waals surface area contributed by atoms with Crippen molar-refractivity contribution >= 4 is 0 Å². The van der Waals surface area contributed by atoms with E-state index in [0.717, 1.165) is 12.8 Å². The summed E-state index contributed by atoms with van der Waals surface area (Å²) in [5, 5.41) is 0. The summed E-state index contributed by atoms with van der Waals surface area (Å²) in [7, 11) is 1.42. The van der Waals surface area contributed by atoms with Crippen molar-refractivity contribution in [3.8, 4) is 22.8 Å². The SMILES string of the molecule is CCCc1ccc(-n2c(-c3cccc(F)c3OC)nc(C)c(CC(C)C)c2=O)cc1. The molecule has 0 bridgehead atoms. The third kappa shape index (κ3) is 4.30. The fourth-order valence-electron chi connectivity index (χ4n) is 3.72. The van der Waals surface area contributed by atoms with Gasteiger partial charge in [0.1, 0.15) is 0 Å². The van der Waals surface area contributed by atoms with Crippen LogP contribution in [0.25, 0.3) is 17.1 Å². The molecule has 2 aromatic carbocycles. The average Bonchev–Trinajstić information content (AvgIpc) is 2.71. The fourth-order valence-corrected chi connectivity index (χ4v) is 3.72. The van der Waals surface area contributed by atoms with Gasteiger partial charge in [-0.15, -0.1) is 0 Å². The van der Waals surface area contributed by atoms with E-state index in [2.05, 4.69) is 20.8 Å². The second-order valence-corrected chi connectivity index (χ2v) is 7.97. The van der Waals surface area contributed by atoms with Gasteiger partial charge in [-0.05, 0) is 55.5 Å². The van der Waals surface area contributed by atoms with Crippen molar-refractivity contribution in [1.29, 1.82) is 0 Å². The Kier molecular flexibility index (Phi) is 6.70. The Balaban J connectivity index is 2.32. The third-order valence-electron chi connectivity index (χ3n) is 5.14. The first-order valence-corrected chi connectivity index (χ1v) is 10.4. The lowest BCUT2D eigenvalue weighted by Gasteiger charge is -2.19. The van der Waals surface area contributed by atoms with Gasteiger partial charge in [-0.2, -0.15) is 0 Å². The largest absolute Gasteiger partial charge is 0.493 e. The van der Waals surface area contributed by atoms with Crippen LogP contribution in [-0.2, 0) is 12.8 Å². The monoisotopic (exact) mass is 408 g/mol. The summed E-state index contributed by atoms with van der Waals surface area (Å²) in [5.74, 6) is 0.285. The maximum Gasteiger partial charge on any atom is 0.261 e. The number of ether oxygens (including phenoxy) is 1. The molecule has 158 valence electrons. The van der Waals surface area contributed by atoms with E-state index in [9.17, 15) is 9.18 Å². The van der Waals surface area contributed by atoms with E-state index in [0.29, 0.717) is 40.7 Å². The summed E-state index contributed by atoms with van der Waals surface area (Å²) in [6.45, 7) is 8.12. The van der Waals surface area contributed by atoms with Gasteiger partial charge < -0.3 is 4.74 Å². The number of aromatic nitrogens is 2. The highest BCUT2D eigenvalue weighted by Gasteiger charge is 2.21. The Hall–Kier alpha value is -2.95. The Morgan fingerprint density at radius 1 is 1.13 bits per heavy atom. The molecule has 0 atom stereocenters. The van der Waals surface area contributed by atoms with Crippen molar-refractivity contribution in [3.05, 3.63) is 75.5 Å². The van der Waals surface area contributed by atoms with Crippen LogP contribution in [0.4, 0.5) is 4.39 Å². The van der Waals surface area contributed by atoms with Crippen molar-refractivity contribution in [3.63, 3.8) is 0 Å². The number of aryl methyl sites for hydroxylation is 2. The number of benzene rings is 2. The number of rotatable bonds is 7. The predicted octanol–water partition coefficient (Wildman–Crippen LogP) is 5.51. The second kappa shape index (κ2) is 9.24. The molecule has 0 saturated carbocycles. The van der Waals surface area contributed by atoms with Crippen LogP contribution in [0.2, 0.25) is 0 Å². The van der Waals surface area contributed by atoms with E-state index in [1.165, 1.54) is 18.7 Å². The minimum atomic E-state index is -0.488. The summed E-state index contributed by atoms with van der Waals surface area (Å²) >= 11 is 0. The molecular formula is C25H29FN2O2. The van der Waals surface area contributed by atoms with Crippen molar-refractivity contribution in [2.45, 2.75) is 47.0 Å². The molecule has 0 aliphatic rings. The molecule has 0 unspecified atom stereocenters. The number of methoxy groups -OCH3 is 1. The van der Waals surface area contributed by atoms with Crippen LogP contribution in [0.15, 0.2) is 47.3 Å². The normalized spacial score (nSPS) is 11.2. The third-order valence-corrected chi connectivity index (χ3v) is 5.14. The van der Waals surface area contributed by atoms with Gasteiger partial charge in [0.2, 0.25) is 0 Å². The lowest BCUT2D eigenvalue weighted by Crippen LogP contribution is -2.28. The van der Waals surface area contributed by atoms with Crippen LogP contribution in [0, 0.1) is 18.7 Å². The lowest BCUT2D eigenvalue weighted by molar-refractivity contribution is 0.388. The van der Waals surface area contributed by atoms with Gasteiger partial charge in [0, 0.05) is 11.3 Å². The van der Waals surface area contributed by atoms with Gasteiger partial charge >= 0.3 is 0 Å². The fraction of sp³-hybridized carbons (Fsp3) is 0.360. The van der Waals surface area contributed by atoms with Gasteiger partial charge in [0.05, 0.1) is 18.4 Å². The Morgan fingerprint density at radius 2 is 1.83 bits per heavy atom. The molecule has 0 aliphatic heterocycles. The number of nitrogens with zero attached hydrogens (tertiary/aromatic N) is 2. The molecule has 3 aromatic rings. The van der Waals surface area contributed by atoms with Gasteiger partial charge in [0.25, 0.3) is 5.56 Å². The molecular weight excluding hydrogens is 379 g/mol. The van der Waals surface area contributed by atoms with E-state index < -0.39 is 5.82 Å². The number of hydrogen-bond acceptors (Lipinski definition) is 3. The summed E-state index contributed by atoms with van der Waals surface area (Å²) in [6.07, 6.45) is 2.66. The van der Waals surface area contributed by atoms with Gasteiger partial charge in [-0.1, -0.05) is 45.4 Å². The number of para-hydroxylation sites is 1. The lowest BCUT2D eigenvalue weighted by atomic mass is 10.0. The molecule has 3 rings (SSSR count). The summed E-state index contributed by atoms with van der Waals surface area (Å²) < 4.78 is 21.3. The summed E-state index contributed by atoms with van der Waals surface area (Å²) in [6, 6.07) is 12.6. The summed E-state index contributed by atoms with van der Waals surface area (Å²) in [4.78, 5) is 18.4. The zero-order chi connectivity index (χ0) is 21.8. The molecule has 0 radical (unpaired) electrons. The average molecular weight is 409 g/mol. The zero-order valence-electron chi connectivity index (χ0n) is 18.3. The van der Waals surface area contributed by atoms with E-state index in [1.807, 2.05) is 31.2 Å². The molecule has 30 heavy (non-hydrogen) atoms. The van der Waals surface area contributed by atoms with E-state index in [1.54, 1.807) is 16.7 Å². The number of halogens is 1. The van der Waals surface area contributed by atoms with Crippen LogP contribution < -0.4 is 10.3 Å². The highest BCUT2D eigenvalue weighted by Crippen LogP contribution is 2.32. The zero-order valence-corrected chi connectivity index (χ0v) is 18.3. The first kappa shape index (κ1) is 21.8. The van der Waals surface area contributed by atoms with Crippen LogP contribution in [0.1, 0.15) is 44.0 Å². The molecule has 1 heterocycles. The van der Waals surface area contributed by atoms with Crippen LogP contribution >= 0.6 is 0 Å². The van der Waals surface area contributed by atoms with Gasteiger partial charge in [-0.25, -0.2) is 9.37 Å². The number of hydrogen-bond donors (Lipinski definition) is 0. The van der Waals surface area contributed by atoms with E-state index >= 15 is 0 Å². The molecule has 0 saturated heterocycles. The molecule has 1 aromatic heterocycles. The van der Waals surface area contributed by atoms with Crippen molar-refractivity contribution in [1.82, 2.24) is 9.55 Å². The Labute approximate surface area is 177 Å². The van der Waals surface area contributed by atoms with E-state index in [4.69, 9.17) is 9.72 Å². The molecule has 0 aliphatic carbocycles. The second-order valence-electron chi connectivity index (χ2n) is 7.97. The molecule has 0 N–H and O–H groups in total. The highest BCUT2D eigenvalue weighted by molar-refractivity contribution is 5.67. The molecule has 5 heteroatoms. The van der Waals surface area contributed by atoms with Crippen molar-refractivity contribution in [2.75, 3.05) is 7.11 Å². The van der Waals surface area contributed by atoms with Gasteiger partial charge in [0.15, 0.2) is 17.4 Å². The first-order valence-electron chi connectivity index (χ1n) is 10.4. The van der Waals surface area contributed by atoms with Crippen LogP contribution in [0.3, 0.4) is 0 Å². The predicted molar refractivity (Wildman–Crippen MR) is 119 cm³/mol.